The number of anilines is 1. The summed E-state index contributed by atoms with van der Waals surface area (Å²) in [6.07, 6.45) is 2.81. The van der Waals surface area contributed by atoms with Gasteiger partial charge in [0.05, 0.1) is 11.3 Å². The zero-order chi connectivity index (χ0) is 18.8. The topological polar surface area (TPSA) is 55.2 Å². The van der Waals surface area contributed by atoms with Crippen molar-refractivity contribution in [2.75, 3.05) is 17.2 Å². The molecule has 3 heterocycles. The number of aromatic nitrogens is 2. The number of amides is 1. The molecule has 1 aliphatic heterocycles. The van der Waals surface area contributed by atoms with E-state index in [1.54, 1.807) is 4.57 Å². The molecule has 0 aliphatic carbocycles. The molecular weight excluding hydrogens is 378 g/mol. The number of carbonyl (C=O) groups is 1. The van der Waals surface area contributed by atoms with Crippen molar-refractivity contribution in [3.8, 4) is 0 Å². The second-order valence-corrected chi connectivity index (χ2v) is 8.41. The highest BCUT2D eigenvalue weighted by Crippen LogP contribution is 2.29. The maximum Gasteiger partial charge on any atom is 0.272 e. The lowest BCUT2D eigenvalue weighted by Crippen LogP contribution is -2.31. The van der Waals surface area contributed by atoms with Gasteiger partial charge in [-0.25, -0.2) is 4.98 Å². The first-order valence-electron chi connectivity index (χ1n) is 9.18. The van der Waals surface area contributed by atoms with Crippen molar-refractivity contribution >= 4 is 44.9 Å². The third-order valence-electron chi connectivity index (χ3n) is 4.78. The number of thiophene rings is 1. The predicted octanol–water partition coefficient (Wildman–Crippen LogP) is 3.94. The summed E-state index contributed by atoms with van der Waals surface area (Å²) >= 11 is 2.79. The van der Waals surface area contributed by atoms with E-state index >= 15 is 0 Å². The quantitative estimate of drug-likeness (QED) is 0.465. The minimum absolute atomic E-state index is 0.00455. The van der Waals surface area contributed by atoms with Crippen LogP contribution in [0.3, 0.4) is 0 Å². The average Bonchev–Trinajstić information content (AvgIpc) is 3.32. The molecule has 0 radical (unpaired) electrons. The first-order valence-corrected chi connectivity index (χ1v) is 11.0. The first kappa shape index (κ1) is 18.3. The van der Waals surface area contributed by atoms with E-state index in [0.29, 0.717) is 16.4 Å². The fourth-order valence-electron chi connectivity index (χ4n) is 3.35. The summed E-state index contributed by atoms with van der Waals surface area (Å²) in [4.78, 5) is 32.1. The standard InChI is InChI=1S/C20H21N3O2S2/c1-2-3-10-23-19(25)18-15(9-12-26-18)21-20(23)27-13-17(24)22-11-8-14-6-4-5-7-16(14)22/h4-7,9,12H,2-3,8,10-11,13H2,1H3. The Morgan fingerprint density at radius 2 is 2.15 bits per heavy atom. The molecule has 1 aromatic carbocycles. The highest BCUT2D eigenvalue weighted by molar-refractivity contribution is 7.99. The maximum atomic E-state index is 12.8. The normalized spacial score (nSPS) is 13.3. The van der Waals surface area contributed by atoms with Gasteiger partial charge < -0.3 is 4.90 Å². The molecular formula is C20H21N3O2S2. The first-order chi connectivity index (χ1) is 13.2. The summed E-state index contributed by atoms with van der Waals surface area (Å²) in [7, 11) is 0. The number of para-hydroxylation sites is 1. The van der Waals surface area contributed by atoms with Gasteiger partial charge in [-0.3, -0.25) is 14.2 Å². The highest BCUT2D eigenvalue weighted by atomic mass is 32.2. The van der Waals surface area contributed by atoms with Gasteiger partial charge in [0.15, 0.2) is 5.16 Å². The lowest BCUT2D eigenvalue weighted by molar-refractivity contribution is -0.116. The highest BCUT2D eigenvalue weighted by Gasteiger charge is 2.24. The predicted molar refractivity (Wildman–Crippen MR) is 112 cm³/mol. The minimum atomic E-state index is 0.00455. The third kappa shape index (κ3) is 3.53. The Morgan fingerprint density at radius 3 is 3.00 bits per heavy atom. The third-order valence-corrected chi connectivity index (χ3v) is 6.63. The van der Waals surface area contributed by atoms with Crippen LogP contribution in [0.4, 0.5) is 5.69 Å². The SMILES string of the molecule is CCCCn1c(SCC(=O)N2CCc3ccccc32)nc2ccsc2c1=O. The molecule has 0 saturated carbocycles. The molecule has 0 spiro atoms. The Kier molecular flexibility index (Phi) is 5.31. The van der Waals surface area contributed by atoms with E-state index in [1.807, 2.05) is 34.5 Å². The largest absolute Gasteiger partial charge is 0.311 e. The number of unbranched alkanes of at least 4 members (excludes halogenated alkanes) is 1. The minimum Gasteiger partial charge on any atom is -0.311 e. The van der Waals surface area contributed by atoms with E-state index in [9.17, 15) is 9.59 Å². The van der Waals surface area contributed by atoms with Crippen molar-refractivity contribution < 1.29 is 4.79 Å². The zero-order valence-corrected chi connectivity index (χ0v) is 16.8. The van der Waals surface area contributed by atoms with Crippen LogP contribution in [0.5, 0.6) is 0 Å². The van der Waals surface area contributed by atoms with Crippen LogP contribution in [0.25, 0.3) is 10.2 Å². The van der Waals surface area contributed by atoms with E-state index in [4.69, 9.17) is 0 Å². The molecule has 5 nitrogen and oxygen atoms in total. The number of fused-ring (bicyclic) bond motifs is 2. The smallest absolute Gasteiger partial charge is 0.272 e. The molecule has 0 unspecified atom stereocenters. The van der Waals surface area contributed by atoms with Crippen molar-refractivity contribution in [1.29, 1.82) is 0 Å². The van der Waals surface area contributed by atoms with Gasteiger partial charge in [-0.15, -0.1) is 11.3 Å². The maximum absolute atomic E-state index is 12.8. The lowest BCUT2D eigenvalue weighted by Gasteiger charge is -2.17. The number of thioether (sulfide) groups is 1. The Morgan fingerprint density at radius 1 is 1.30 bits per heavy atom. The number of benzene rings is 1. The van der Waals surface area contributed by atoms with Gasteiger partial charge in [0.25, 0.3) is 5.56 Å². The molecule has 4 rings (SSSR count). The summed E-state index contributed by atoms with van der Waals surface area (Å²) in [6.45, 7) is 3.46. The van der Waals surface area contributed by atoms with Crippen LogP contribution in [0.15, 0.2) is 45.7 Å². The van der Waals surface area contributed by atoms with E-state index in [1.165, 1.54) is 28.7 Å². The van der Waals surface area contributed by atoms with Gasteiger partial charge in [-0.1, -0.05) is 43.3 Å². The molecule has 27 heavy (non-hydrogen) atoms. The fraction of sp³-hybridized carbons (Fsp3) is 0.350. The molecule has 7 heteroatoms. The van der Waals surface area contributed by atoms with Crippen molar-refractivity contribution in [3.63, 3.8) is 0 Å². The van der Waals surface area contributed by atoms with Gasteiger partial charge in [-0.05, 0) is 35.9 Å². The van der Waals surface area contributed by atoms with Crippen LogP contribution < -0.4 is 10.5 Å². The molecule has 0 saturated heterocycles. The Labute approximate surface area is 166 Å². The van der Waals surface area contributed by atoms with E-state index < -0.39 is 0 Å². The molecule has 3 aromatic rings. The number of hydrogen-bond acceptors (Lipinski definition) is 5. The molecule has 0 N–H and O–H groups in total. The Hall–Kier alpha value is -2.12. The van der Waals surface area contributed by atoms with Crippen LogP contribution >= 0.6 is 23.1 Å². The van der Waals surface area contributed by atoms with Gasteiger partial charge in [0, 0.05) is 18.8 Å². The Balaban J connectivity index is 1.56. The van der Waals surface area contributed by atoms with Crippen molar-refractivity contribution in [3.05, 3.63) is 51.6 Å². The summed E-state index contributed by atoms with van der Waals surface area (Å²) in [5.41, 5.74) is 2.95. The Bertz CT molecular complexity index is 1040. The zero-order valence-electron chi connectivity index (χ0n) is 15.2. The van der Waals surface area contributed by atoms with E-state index in [0.717, 1.165) is 37.0 Å². The number of rotatable bonds is 6. The van der Waals surface area contributed by atoms with Gasteiger partial charge >= 0.3 is 0 Å². The molecule has 1 amide bonds. The van der Waals surface area contributed by atoms with Crippen molar-refractivity contribution in [2.24, 2.45) is 0 Å². The van der Waals surface area contributed by atoms with Gasteiger partial charge in [-0.2, -0.15) is 0 Å². The molecule has 140 valence electrons. The summed E-state index contributed by atoms with van der Waals surface area (Å²) in [6, 6.07) is 9.91. The van der Waals surface area contributed by atoms with Crippen LogP contribution in [0.2, 0.25) is 0 Å². The number of hydrogen-bond donors (Lipinski definition) is 0. The molecule has 2 aromatic heterocycles. The monoisotopic (exact) mass is 399 g/mol. The van der Waals surface area contributed by atoms with Crippen molar-refractivity contribution in [2.45, 2.75) is 37.9 Å². The summed E-state index contributed by atoms with van der Waals surface area (Å²) in [5, 5.41) is 2.53. The molecule has 0 fully saturated rings. The average molecular weight is 400 g/mol. The van der Waals surface area contributed by atoms with Crippen LogP contribution in [0, 0.1) is 0 Å². The molecule has 0 bridgehead atoms. The van der Waals surface area contributed by atoms with E-state index in [-0.39, 0.29) is 17.2 Å². The second kappa shape index (κ2) is 7.86. The van der Waals surface area contributed by atoms with Crippen LogP contribution in [-0.4, -0.2) is 27.8 Å². The summed E-state index contributed by atoms with van der Waals surface area (Å²) in [5.74, 6) is 0.342. The molecule has 1 aliphatic rings. The van der Waals surface area contributed by atoms with Gasteiger partial charge in [0.1, 0.15) is 4.70 Å². The fourth-order valence-corrected chi connectivity index (χ4v) is 5.03. The van der Waals surface area contributed by atoms with Crippen molar-refractivity contribution in [1.82, 2.24) is 9.55 Å². The number of nitrogens with zero attached hydrogens (tertiary/aromatic N) is 3. The van der Waals surface area contributed by atoms with E-state index in [2.05, 4.69) is 18.0 Å². The summed E-state index contributed by atoms with van der Waals surface area (Å²) < 4.78 is 2.42. The lowest BCUT2D eigenvalue weighted by atomic mass is 10.2. The van der Waals surface area contributed by atoms with Crippen LogP contribution in [0.1, 0.15) is 25.3 Å². The molecule has 0 atom stereocenters. The van der Waals surface area contributed by atoms with Gasteiger partial charge in [0.2, 0.25) is 5.91 Å². The second-order valence-electron chi connectivity index (χ2n) is 6.55. The number of carbonyl (C=O) groups excluding carboxylic acids is 1. The van der Waals surface area contributed by atoms with Crippen LogP contribution in [-0.2, 0) is 17.8 Å².